The summed E-state index contributed by atoms with van der Waals surface area (Å²) < 4.78 is 23.4. The molecule has 2 aliphatic carbocycles. The van der Waals surface area contributed by atoms with Crippen LogP contribution in [0.2, 0.25) is 0 Å². The van der Waals surface area contributed by atoms with E-state index in [9.17, 15) is 0 Å². The predicted molar refractivity (Wildman–Crippen MR) is 91.7 cm³/mol. The number of hydrogen-bond acceptors (Lipinski definition) is 4. The molecule has 0 saturated carbocycles. The first-order valence-corrected chi connectivity index (χ1v) is 8.82. The van der Waals surface area contributed by atoms with Crippen molar-refractivity contribution in [3.05, 3.63) is 35.4 Å². The summed E-state index contributed by atoms with van der Waals surface area (Å²) in [5.74, 6) is 1.26. The molecule has 0 radical (unpaired) electrons. The fourth-order valence-electron chi connectivity index (χ4n) is 4.48. The van der Waals surface area contributed by atoms with Crippen LogP contribution in [0.4, 0.5) is 0 Å². The molecular weight excluding hydrogens is 304 g/mol. The van der Waals surface area contributed by atoms with Gasteiger partial charge in [0.15, 0.2) is 5.79 Å². The quantitative estimate of drug-likeness (QED) is 0.774. The van der Waals surface area contributed by atoms with Crippen LogP contribution in [-0.2, 0) is 21.3 Å². The summed E-state index contributed by atoms with van der Waals surface area (Å²) in [7, 11) is 3.44. The second-order valence-corrected chi connectivity index (χ2v) is 7.31. The predicted octanol–water partition coefficient (Wildman–Crippen LogP) is 3.76. The van der Waals surface area contributed by atoms with Gasteiger partial charge in [0.25, 0.3) is 0 Å². The summed E-state index contributed by atoms with van der Waals surface area (Å²) in [6.07, 6.45) is 8.78. The van der Waals surface area contributed by atoms with E-state index in [0.717, 1.165) is 37.2 Å². The number of allylic oxidation sites excluding steroid dienone is 1. The maximum atomic E-state index is 6.13. The van der Waals surface area contributed by atoms with E-state index >= 15 is 0 Å². The summed E-state index contributed by atoms with van der Waals surface area (Å²) in [5.41, 5.74) is 2.68. The second-order valence-electron chi connectivity index (χ2n) is 7.31. The average molecular weight is 330 g/mol. The molecule has 1 aliphatic heterocycles. The van der Waals surface area contributed by atoms with Crippen LogP contribution in [0.5, 0.6) is 11.5 Å². The first-order valence-electron chi connectivity index (χ1n) is 8.82. The zero-order valence-electron chi connectivity index (χ0n) is 14.9. The van der Waals surface area contributed by atoms with Gasteiger partial charge in [-0.15, -0.1) is 0 Å². The highest BCUT2D eigenvalue weighted by atomic mass is 16.8. The maximum absolute atomic E-state index is 6.13. The Morgan fingerprint density at radius 1 is 0.958 bits per heavy atom. The summed E-state index contributed by atoms with van der Waals surface area (Å²) >= 11 is 0. The molecule has 24 heavy (non-hydrogen) atoms. The van der Waals surface area contributed by atoms with E-state index in [-0.39, 0.29) is 17.6 Å². The zero-order chi connectivity index (χ0) is 16.9. The van der Waals surface area contributed by atoms with Gasteiger partial charge < -0.3 is 18.9 Å². The third kappa shape index (κ3) is 2.27. The highest BCUT2D eigenvalue weighted by Gasteiger charge is 2.49. The second kappa shape index (κ2) is 5.50. The molecule has 1 fully saturated rings. The minimum atomic E-state index is -0.535. The molecule has 4 nitrogen and oxygen atoms in total. The van der Waals surface area contributed by atoms with Gasteiger partial charge in [-0.25, -0.2) is 0 Å². The number of ether oxygens (including phenoxy) is 4. The molecule has 0 amide bonds. The summed E-state index contributed by atoms with van der Waals surface area (Å²) in [6, 6.07) is 4.15. The van der Waals surface area contributed by atoms with Crippen LogP contribution in [-0.4, -0.2) is 32.2 Å². The molecule has 1 saturated heterocycles. The van der Waals surface area contributed by atoms with Crippen molar-refractivity contribution in [3.8, 4) is 11.5 Å². The van der Waals surface area contributed by atoms with Crippen LogP contribution in [0.3, 0.4) is 0 Å². The van der Waals surface area contributed by atoms with E-state index in [1.54, 1.807) is 14.2 Å². The third-order valence-corrected chi connectivity index (χ3v) is 5.96. The minimum Gasteiger partial charge on any atom is -0.497 e. The molecule has 1 heterocycles. The first kappa shape index (κ1) is 16.0. The van der Waals surface area contributed by atoms with E-state index in [4.69, 9.17) is 18.9 Å². The Bertz CT molecular complexity index is 670. The largest absolute Gasteiger partial charge is 0.497 e. The summed E-state index contributed by atoms with van der Waals surface area (Å²) in [5, 5.41) is 0. The zero-order valence-corrected chi connectivity index (χ0v) is 14.9. The highest BCUT2D eigenvalue weighted by molar-refractivity contribution is 5.56. The van der Waals surface area contributed by atoms with Gasteiger partial charge in [-0.05, 0) is 50.8 Å². The lowest BCUT2D eigenvalue weighted by Gasteiger charge is -2.38. The summed E-state index contributed by atoms with van der Waals surface area (Å²) in [4.78, 5) is 0. The Kier molecular flexibility index (Phi) is 3.66. The Labute approximate surface area is 143 Å². The van der Waals surface area contributed by atoms with E-state index in [2.05, 4.69) is 32.1 Å². The number of methoxy groups -OCH3 is 2. The van der Waals surface area contributed by atoms with Gasteiger partial charge >= 0.3 is 0 Å². The molecule has 3 aliphatic rings. The van der Waals surface area contributed by atoms with E-state index < -0.39 is 5.79 Å². The Morgan fingerprint density at radius 3 is 2.29 bits per heavy atom. The molecule has 0 N–H and O–H groups in total. The molecule has 4 rings (SSSR count). The normalized spacial score (nSPS) is 33.2. The lowest BCUT2D eigenvalue weighted by atomic mass is 9.72. The van der Waals surface area contributed by atoms with E-state index in [1.165, 1.54) is 11.1 Å². The van der Waals surface area contributed by atoms with Crippen LogP contribution in [0.15, 0.2) is 24.3 Å². The molecule has 0 aromatic heterocycles. The monoisotopic (exact) mass is 330 g/mol. The minimum absolute atomic E-state index is 0.0278. The van der Waals surface area contributed by atoms with Crippen LogP contribution >= 0.6 is 0 Å². The van der Waals surface area contributed by atoms with Gasteiger partial charge in [-0.1, -0.05) is 6.08 Å². The van der Waals surface area contributed by atoms with Crippen molar-refractivity contribution >= 4 is 0 Å². The summed E-state index contributed by atoms with van der Waals surface area (Å²) in [6.45, 7) is 4.16. The van der Waals surface area contributed by atoms with E-state index in [1.807, 2.05) is 6.07 Å². The van der Waals surface area contributed by atoms with Gasteiger partial charge in [0.05, 0.1) is 26.4 Å². The molecule has 1 aromatic rings. The molecule has 0 bridgehead atoms. The van der Waals surface area contributed by atoms with Crippen molar-refractivity contribution in [2.45, 2.75) is 62.9 Å². The average Bonchev–Trinajstić information content (AvgIpc) is 3.08. The maximum Gasteiger partial charge on any atom is 0.188 e. The van der Waals surface area contributed by atoms with Crippen LogP contribution in [0.1, 0.15) is 44.2 Å². The molecule has 0 unspecified atom stereocenters. The van der Waals surface area contributed by atoms with Crippen molar-refractivity contribution in [1.82, 2.24) is 0 Å². The number of benzene rings is 1. The first-order chi connectivity index (χ1) is 11.5. The fourth-order valence-corrected chi connectivity index (χ4v) is 4.48. The third-order valence-electron chi connectivity index (χ3n) is 5.96. The van der Waals surface area contributed by atoms with Crippen molar-refractivity contribution in [2.75, 3.05) is 14.2 Å². The topological polar surface area (TPSA) is 36.9 Å². The van der Waals surface area contributed by atoms with Crippen LogP contribution in [0, 0.1) is 0 Å². The van der Waals surface area contributed by atoms with Crippen molar-refractivity contribution in [2.24, 2.45) is 0 Å². The van der Waals surface area contributed by atoms with E-state index in [0.29, 0.717) is 0 Å². The van der Waals surface area contributed by atoms with Crippen LogP contribution in [0.25, 0.3) is 0 Å². The fraction of sp³-hybridized carbons (Fsp3) is 0.600. The lowest BCUT2D eigenvalue weighted by Crippen LogP contribution is -2.37. The van der Waals surface area contributed by atoms with Gasteiger partial charge in [-0.3, -0.25) is 0 Å². The lowest BCUT2D eigenvalue weighted by molar-refractivity contribution is -0.145. The molecule has 1 aromatic carbocycles. The molecular formula is C20H26O4. The van der Waals surface area contributed by atoms with Crippen molar-refractivity contribution in [1.29, 1.82) is 0 Å². The van der Waals surface area contributed by atoms with Crippen molar-refractivity contribution in [3.63, 3.8) is 0 Å². The van der Waals surface area contributed by atoms with Gasteiger partial charge in [0, 0.05) is 23.5 Å². The van der Waals surface area contributed by atoms with Crippen LogP contribution < -0.4 is 9.47 Å². The molecule has 3 atom stereocenters. The Hall–Kier alpha value is -1.52. The SMILES string of the molecule is COc1cc2c(c(OC)c1)[C@@]1(C=CC3(CC1)O[C@H](C)[C@@H](C)O3)CC2. The number of fused-ring (bicyclic) bond motifs is 2. The van der Waals surface area contributed by atoms with Gasteiger partial charge in [0.2, 0.25) is 0 Å². The highest BCUT2D eigenvalue weighted by Crippen LogP contribution is 2.53. The smallest absolute Gasteiger partial charge is 0.188 e. The number of rotatable bonds is 2. The Morgan fingerprint density at radius 2 is 1.71 bits per heavy atom. The van der Waals surface area contributed by atoms with Crippen molar-refractivity contribution < 1.29 is 18.9 Å². The Balaban J connectivity index is 1.71. The van der Waals surface area contributed by atoms with Gasteiger partial charge in [-0.2, -0.15) is 0 Å². The number of hydrogen-bond donors (Lipinski definition) is 0. The number of aryl methyl sites for hydroxylation is 1. The molecule has 4 heteroatoms. The standard InChI is InChI=1S/C20H26O4/c1-13-14(2)24-20(23-13)9-7-19(8-10-20)6-5-15-11-16(21-3)12-17(22-4)18(15)19/h7,9,11-14H,5-6,8,10H2,1-4H3/t13-,14-,19-/m1/s1. The van der Waals surface area contributed by atoms with Gasteiger partial charge in [0.1, 0.15) is 11.5 Å². The molecule has 2 spiro atoms. The molecule has 130 valence electrons.